The Kier molecular flexibility index (Phi) is 7.68. The Bertz CT molecular complexity index is 1270. The number of pyridine rings is 1. The van der Waals surface area contributed by atoms with Gasteiger partial charge in [-0.1, -0.05) is 0 Å². The number of carbonyl (C=O) groups is 1. The minimum atomic E-state index is -0.542. The Morgan fingerprint density at radius 2 is 1.86 bits per heavy atom. The van der Waals surface area contributed by atoms with Gasteiger partial charge in [0, 0.05) is 36.0 Å². The van der Waals surface area contributed by atoms with Crippen molar-refractivity contribution in [3.8, 4) is 22.6 Å². The molecular weight excluding hydrogens is 461 g/mol. The van der Waals surface area contributed by atoms with Crippen LogP contribution in [0.15, 0.2) is 53.5 Å². The number of methoxy groups -OCH3 is 2. The fraction of sp³-hybridized carbons (Fsp3) is 0.296. The lowest BCUT2D eigenvalue weighted by Gasteiger charge is -2.18. The molecule has 3 N–H and O–H groups in total. The number of guanidine groups is 1. The first-order valence-electron chi connectivity index (χ1n) is 11.7. The minimum Gasteiger partial charge on any atom is -0.497 e. The van der Waals surface area contributed by atoms with Gasteiger partial charge < -0.3 is 25.4 Å². The number of ether oxygens (including phenoxy) is 2. The number of benzene rings is 2. The molecule has 3 aromatic rings. The lowest BCUT2D eigenvalue weighted by Crippen LogP contribution is -2.33. The van der Waals surface area contributed by atoms with Gasteiger partial charge in [-0.2, -0.15) is 4.39 Å². The summed E-state index contributed by atoms with van der Waals surface area (Å²) in [6.07, 6.45) is 0. The van der Waals surface area contributed by atoms with E-state index in [2.05, 4.69) is 25.9 Å². The van der Waals surface area contributed by atoms with Gasteiger partial charge in [-0.25, -0.2) is 4.98 Å². The molecule has 9 heteroatoms. The van der Waals surface area contributed by atoms with Crippen LogP contribution < -0.4 is 25.4 Å². The fourth-order valence-corrected chi connectivity index (χ4v) is 4.06. The number of halogens is 1. The van der Waals surface area contributed by atoms with Crippen molar-refractivity contribution in [1.29, 1.82) is 0 Å². The third-order valence-electron chi connectivity index (χ3n) is 5.97. The van der Waals surface area contributed by atoms with Crippen molar-refractivity contribution >= 4 is 11.9 Å². The van der Waals surface area contributed by atoms with Crippen LogP contribution in [0.1, 0.15) is 40.1 Å². The lowest BCUT2D eigenvalue weighted by atomic mass is 9.98. The summed E-state index contributed by atoms with van der Waals surface area (Å²) in [5, 5.41) is 9.50. The van der Waals surface area contributed by atoms with E-state index in [9.17, 15) is 9.18 Å². The van der Waals surface area contributed by atoms with Gasteiger partial charge in [-0.05, 0) is 73.0 Å². The number of nitrogens with zero attached hydrogens (tertiary/aromatic N) is 2. The first-order chi connectivity index (χ1) is 17.4. The molecule has 0 aliphatic carbocycles. The molecule has 8 nitrogen and oxygen atoms in total. The highest BCUT2D eigenvalue weighted by Crippen LogP contribution is 2.28. The Balaban J connectivity index is 1.63. The van der Waals surface area contributed by atoms with Gasteiger partial charge >= 0.3 is 0 Å². The summed E-state index contributed by atoms with van der Waals surface area (Å²) in [5.41, 5.74) is 4.30. The van der Waals surface area contributed by atoms with Crippen LogP contribution >= 0.6 is 0 Å². The van der Waals surface area contributed by atoms with Crippen LogP contribution in [0, 0.1) is 12.9 Å². The van der Waals surface area contributed by atoms with Gasteiger partial charge in [0.05, 0.1) is 26.8 Å². The molecule has 2 heterocycles. The van der Waals surface area contributed by atoms with E-state index in [0.717, 1.165) is 41.3 Å². The average Bonchev–Trinajstić information content (AvgIpc) is 3.40. The number of aliphatic imine (C=N–C) groups is 1. The third-order valence-corrected chi connectivity index (χ3v) is 5.97. The van der Waals surface area contributed by atoms with Gasteiger partial charge in [-0.3, -0.25) is 9.79 Å². The molecular formula is C27H30FN5O3. The zero-order chi connectivity index (χ0) is 25.7. The second-order valence-corrected chi connectivity index (χ2v) is 8.54. The zero-order valence-electron chi connectivity index (χ0n) is 20.8. The van der Waals surface area contributed by atoms with Crippen molar-refractivity contribution in [1.82, 2.24) is 20.9 Å². The number of aryl methyl sites for hydroxylation is 1. The first kappa shape index (κ1) is 25.0. The summed E-state index contributed by atoms with van der Waals surface area (Å²) in [4.78, 5) is 21.7. The molecule has 36 heavy (non-hydrogen) atoms. The smallest absolute Gasteiger partial charge is 0.251 e. The Hall–Kier alpha value is -4.14. The Morgan fingerprint density at radius 1 is 1.11 bits per heavy atom. The van der Waals surface area contributed by atoms with Gasteiger partial charge in [0.15, 0.2) is 5.96 Å². The van der Waals surface area contributed by atoms with Gasteiger partial charge in [0.2, 0.25) is 5.95 Å². The summed E-state index contributed by atoms with van der Waals surface area (Å²) in [5.74, 6) is 1.23. The SMILES string of the molecule is COc1cc(OC)cc(C(C)NC(=O)c2cc(CNC3=NCCN3)cc(-c3ccc(F)nc3C)c2)c1. The van der Waals surface area contributed by atoms with Crippen molar-refractivity contribution in [2.75, 3.05) is 27.3 Å². The Morgan fingerprint density at radius 3 is 2.50 bits per heavy atom. The minimum absolute atomic E-state index is 0.239. The molecule has 1 atom stereocenters. The van der Waals surface area contributed by atoms with Crippen LogP contribution in [0.2, 0.25) is 0 Å². The van der Waals surface area contributed by atoms with Crippen LogP contribution in [0.3, 0.4) is 0 Å². The summed E-state index contributed by atoms with van der Waals surface area (Å²) in [7, 11) is 3.17. The van der Waals surface area contributed by atoms with Crippen LogP contribution in [0.4, 0.5) is 4.39 Å². The van der Waals surface area contributed by atoms with E-state index in [1.165, 1.54) is 6.07 Å². The highest BCUT2D eigenvalue weighted by molar-refractivity contribution is 5.96. The standard InChI is InChI=1S/C27H30FN5O3/c1-16(19-12-22(35-3)14-23(13-19)36-4)33-26(34)21-10-18(15-31-27-29-7-8-30-27)9-20(11-21)24-5-6-25(28)32-17(24)2/h5-6,9-14,16H,7-8,15H2,1-4H3,(H,33,34)(H2,29,30,31). The molecule has 0 radical (unpaired) electrons. The molecule has 1 amide bonds. The van der Waals surface area contributed by atoms with Crippen molar-refractivity contribution in [2.24, 2.45) is 4.99 Å². The molecule has 2 aromatic carbocycles. The lowest BCUT2D eigenvalue weighted by molar-refractivity contribution is 0.0939. The number of hydrogen-bond acceptors (Lipinski definition) is 7. The van der Waals surface area contributed by atoms with Crippen molar-refractivity contribution in [3.05, 3.63) is 76.9 Å². The zero-order valence-corrected chi connectivity index (χ0v) is 20.8. The largest absolute Gasteiger partial charge is 0.497 e. The maximum Gasteiger partial charge on any atom is 0.251 e. The van der Waals surface area contributed by atoms with Gasteiger partial charge in [0.25, 0.3) is 5.91 Å². The number of aromatic nitrogens is 1. The molecule has 1 aliphatic rings. The molecule has 0 saturated heterocycles. The summed E-state index contributed by atoms with van der Waals surface area (Å²) >= 11 is 0. The maximum atomic E-state index is 13.6. The van der Waals surface area contributed by atoms with E-state index in [1.807, 2.05) is 31.2 Å². The topological polar surface area (TPSA) is 96.9 Å². The molecule has 0 spiro atoms. The average molecular weight is 492 g/mol. The first-order valence-corrected chi connectivity index (χ1v) is 11.7. The second kappa shape index (κ2) is 11.1. The number of rotatable bonds is 8. The second-order valence-electron chi connectivity index (χ2n) is 8.54. The molecule has 188 valence electrons. The number of nitrogens with one attached hydrogen (secondary N) is 3. The monoisotopic (exact) mass is 491 g/mol. The van der Waals surface area contributed by atoms with Gasteiger partial charge in [-0.15, -0.1) is 0 Å². The summed E-state index contributed by atoms with van der Waals surface area (Å²) in [6, 6.07) is 13.8. The summed E-state index contributed by atoms with van der Waals surface area (Å²) < 4.78 is 24.4. The van der Waals surface area contributed by atoms with Crippen LogP contribution in [-0.4, -0.2) is 44.2 Å². The molecule has 0 fully saturated rings. The Labute approximate surface area is 210 Å². The quantitative estimate of drug-likeness (QED) is 0.416. The normalized spacial score (nSPS) is 13.4. The molecule has 1 unspecified atom stereocenters. The predicted molar refractivity (Wildman–Crippen MR) is 137 cm³/mol. The van der Waals surface area contributed by atoms with E-state index in [0.29, 0.717) is 29.3 Å². The fourth-order valence-electron chi connectivity index (χ4n) is 4.06. The summed E-state index contributed by atoms with van der Waals surface area (Å²) in [6.45, 7) is 5.64. The van der Waals surface area contributed by atoms with Crippen LogP contribution in [-0.2, 0) is 6.54 Å². The van der Waals surface area contributed by atoms with E-state index in [-0.39, 0.29) is 11.9 Å². The molecule has 0 bridgehead atoms. The highest BCUT2D eigenvalue weighted by Gasteiger charge is 2.17. The van der Waals surface area contributed by atoms with Gasteiger partial charge in [0.1, 0.15) is 11.5 Å². The van der Waals surface area contributed by atoms with E-state index >= 15 is 0 Å². The van der Waals surface area contributed by atoms with Crippen molar-refractivity contribution in [3.63, 3.8) is 0 Å². The molecule has 1 aliphatic heterocycles. The number of carbonyl (C=O) groups excluding carboxylic acids is 1. The third kappa shape index (κ3) is 5.91. The van der Waals surface area contributed by atoms with Crippen molar-refractivity contribution in [2.45, 2.75) is 26.4 Å². The number of hydrogen-bond donors (Lipinski definition) is 3. The molecule has 1 aromatic heterocycles. The number of amides is 1. The van der Waals surface area contributed by atoms with Crippen molar-refractivity contribution < 1.29 is 18.7 Å². The van der Waals surface area contributed by atoms with E-state index in [1.54, 1.807) is 39.3 Å². The maximum absolute atomic E-state index is 13.6. The highest BCUT2D eigenvalue weighted by atomic mass is 19.1. The van der Waals surface area contributed by atoms with Crippen LogP contribution in [0.5, 0.6) is 11.5 Å². The van der Waals surface area contributed by atoms with E-state index in [4.69, 9.17) is 9.47 Å². The van der Waals surface area contributed by atoms with Crippen LogP contribution in [0.25, 0.3) is 11.1 Å². The van der Waals surface area contributed by atoms with E-state index < -0.39 is 5.95 Å². The predicted octanol–water partition coefficient (Wildman–Crippen LogP) is 3.75. The molecule has 0 saturated carbocycles. The molecule has 4 rings (SSSR count).